The second-order valence-corrected chi connectivity index (χ2v) is 11.0. The zero-order valence-corrected chi connectivity index (χ0v) is 21.1. The molecule has 0 aliphatic heterocycles. The van der Waals surface area contributed by atoms with Crippen LogP contribution >= 0.6 is 0 Å². The van der Waals surface area contributed by atoms with E-state index < -0.39 is 21.9 Å². The first-order valence-corrected chi connectivity index (χ1v) is 13.9. The van der Waals surface area contributed by atoms with E-state index >= 15 is 0 Å². The van der Waals surface area contributed by atoms with Gasteiger partial charge in [-0.05, 0) is 44.4 Å². The van der Waals surface area contributed by atoms with Crippen LogP contribution in [-0.4, -0.2) is 50.0 Å². The molecule has 7 nitrogen and oxygen atoms in total. The number of rotatable bonds is 11. The first-order valence-electron chi connectivity index (χ1n) is 12.0. The molecule has 0 saturated heterocycles. The molecular formula is C26H34FN3O4S. The second kappa shape index (κ2) is 12.2. The fourth-order valence-electron chi connectivity index (χ4n) is 4.38. The van der Waals surface area contributed by atoms with Gasteiger partial charge < -0.3 is 10.2 Å². The molecule has 1 N–H and O–H groups in total. The largest absolute Gasteiger partial charge is 0.352 e. The monoisotopic (exact) mass is 503 g/mol. The van der Waals surface area contributed by atoms with Crippen molar-refractivity contribution in [3.05, 3.63) is 66.0 Å². The van der Waals surface area contributed by atoms with E-state index in [-0.39, 0.29) is 43.8 Å². The molecular weight excluding hydrogens is 469 g/mol. The SMILES string of the molecule is C[C@@H](C(=O)NC1CCCC1)N(Cc1ccccc1F)C(=O)CCCN(c1ccccc1)S(C)(=O)=O. The molecule has 1 atom stereocenters. The van der Waals surface area contributed by atoms with Gasteiger partial charge in [0.15, 0.2) is 0 Å². The summed E-state index contributed by atoms with van der Waals surface area (Å²) in [4.78, 5) is 27.6. The average Bonchev–Trinajstić information content (AvgIpc) is 3.33. The summed E-state index contributed by atoms with van der Waals surface area (Å²) in [6.45, 7) is 1.72. The standard InChI is InChI=1S/C26H34FN3O4S/c1-20(26(32)28-22-12-7-8-13-22)29(19-21-11-6-9-16-24(21)27)25(31)17-10-18-30(35(2,33)34)23-14-4-3-5-15-23/h3-6,9,11,14-16,20,22H,7-8,10,12-13,17-19H2,1-2H3,(H,28,32)/t20-/m0/s1. The molecule has 2 amide bonds. The van der Waals surface area contributed by atoms with Crippen molar-refractivity contribution in [3.63, 3.8) is 0 Å². The van der Waals surface area contributed by atoms with Crippen molar-refractivity contribution in [3.8, 4) is 0 Å². The van der Waals surface area contributed by atoms with Crippen LogP contribution in [0.3, 0.4) is 0 Å². The number of nitrogens with one attached hydrogen (secondary N) is 1. The number of hydrogen-bond acceptors (Lipinski definition) is 4. The summed E-state index contributed by atoms with van der Waals surface area (Å²) < 4.78 is 40.3. The first kappa shape index (κ1) is 26.7. The van der Waals surface area contributed by atoms with Gasteiger partial charge in [-0.25, -0.2) is 12.8 Å². The maximum absolute atomic E-state index is 14.4. The van der Waals surface area contributed by atoms with E-state index in [0.717, 1.165) is 31.9 Å². The fraction of sp³-hybridized carbons (Fsp3) is 0.462. The zero-order chi connectivity index (χ0) is 25.4. The molecule has 0 spiro atoms. The van der Waals surface area contributed by atoms with E-state index in [0.29, 0.717) is 11.3 Å². The van der Waals surface area contributed by atoms with E-state index in [9.17, 15) is 22.4 Å². The lowest BCUT2D eigenvalue weighted by molar-refractivity contribution is -0.141. The third-order valence-corrected chi connectivity index (χ3v) is 7.56. The Bertz CT molecular complexity index is 1100. The minimum atomic E-state index is -3.54. The van der Waals surface area contributed by atoms with Gasteiger partial charge in [0.2, 0.25) is 21.8 Å². The molecule has 2 aromatic rings. The van der Waals surface area contributed by atoms with Crippen molar-refractivity contribution in [2.75, 3.05) is 17.1 Å². The summed E-state index contributed by atoms with van der Waals surface area (Å²) in [5.41, 5.74) is 0.846. The molecule has 190 valence electrons. The molecule has 0 bridgehead atoms. The molecule has 2 aromatic carbocycles. The number of sulfonamides is 1. The summed E-state index contributed by atoms with van der Waals surface area (Å²) in [5, 5.41) is 3.02. The number of carbonyl (C=O) groups excluding carboxylic acids is 2. The predicted molar refractivity (Wildman–Crippen MR) is 135 cm³/mol. The summed E-state index contributed by atoms with van der Waals surface area (Å²) in [6, 6.07) is 14.2. The Labute approximate surface area is 207 Å². The van der Waals surface area contributed by atoms with Gasteiger partial charge in [-0.1, -0.05) is 49.2 Å². The van der Waals surface area contributed by atoms with E-state index in [4.69, 9.17) is 0 Å². The number of anilines is 1. The lowest BCUT2D eigenvalue weighted by atomic mass is 10.1. The molecule has 0 heterocycles. The van der Waals surface area contributed by atoms with Crippen molar-refractivity contribution >= 4 is 27.5 Å². The fourth-order valence-corrected chi connectivity index (χ4v) is 5.35. The normalized spacial score (nSPS) is 14.9. The zero-order valence-electron chi connectivity index (χ0n) is 20.3. The lowest BCUT2D eigenvalue weighted by Crippen LogP contribution is -2.49. The van der Waals surface area contributed by atoms with Crippen molar-refractivity contribution < 1.29 is 22.4 Å². The maximum Gasteiger partial charge on any atom is 0.242 e. The summed E-state index contributed by atoms with van der Waals surface area (Å²) in [7, 11) is -3.54. The number of amides is 2. The summed E-state index contributed by atoms with van der Waals surface area (Å²) in [5.74, 6) is -1.03. The van der Waals surface area contributed by atoms with E-state index in [1.54, 1.807) is 55.5 Å². The number of carbonyl (C=O) groups is 2. The first-order chi connectivity index (χ1) is 16.7. The van der Waals surface area contributed by atoms with Crippen molar-refractivity contribution in [2.24, 2.45) is 0 Å². The van der Waals surface area contributed by atoms with E-state index in [2.05, 4.69) is 5.32 Å². The number of nitrogens with zero attached hydrogens (tertiary/aromatic N) is 2. The highest BCUT2D eigenvalue weighted by Crippen LogP contribution is 2.21. The van der Waals surface area contributed by atoms with Gasteiger partial charge >= 0.3 is 0 Å². The quantitative estimate of drug-likeness (QED) is 0.505. The molecule has 0 radical (unpaired) electrons. The molecule has 1 aliphatic carbocycles. The van der Waals surface area contributed by atoms with Crippen LogP contribution in [0.4, 0.5) is 10.1 Å². The Kier molecular flexibility index (Phi) is 9.26. The Morgan fingerprint density at radius 3 is 2.31 bits per heavy atom. The molecule has 1 aliphatic rings. The number of halogens is 1. The second-order valence-electron chi connectivity index (χ2n) is 9.05. The van der Waals surface area contributed by atoms with Gasteiger partial charge in [-0.15, -0.1) is 0 Å². The van der Waals surface area contributed by atoms with Crippen molar-refractivity contribution in [1.29, 1.82) is 0 Å². The van der Waals surface area contributed by atoms with Crippen LogP contribution < -0.4 is 9.62 Å². The molecule has 3 rings (SSSR count). The molecule has 9 heteroatoms. The number of hydrogen-bond donors (Lipinski definition) is 1. The van der Waals surface area contributed by atoms with Crippen LogP contribution in [0.15, 0.2) is 54.6 Å². The van der Waals surface area contributed by atoms with Gasteiger partial charge in [-0.3, -0.25) is 13.9 Å². The lowest BCUT2D eigenvalue weighted by Gasteiger charge is -2.30. The van der Waals surface area contributed by atoms with Crippen LogP contribution in [0.25, 0.3) is 0 Å². The van der Waals surface area contributed by atoms with E-state index in [1.807, 2.05) is 0 Å². The Balaban J connectivity index is 1.71. The molecule has 1 saturated carbocycles. The van der Waals surface area contributed by atoms with E-state index in [1.165, 1.54) is 15.3 Å². The number of benzene rings is 2. The van der Waals surface area contributed by atoms with Crippen molar-refractivity contribution in [1.82, 2.24) is 10.2 Å². The van der Waals surface area contributed by atoms with Gasteiger partial charge in [0.05, 0.1) is 11.9 Å². The van der Waals surface area contributed by atoms with Crippen LogP contribution in [0, 0.1) is 5.82 Å². The van der Waals surface area contributed by atoms with Crippen molar-refractivity contribution in [2.45, 2.75) is 64.1 Å². The predicted octanol–water partition coefficient (Wildman–Crippen LogP) is 3.85. The third-order valence-electron chi connectivity index (χ3n) is 6.36. The molecule has 0 aromatic heterocycles. The Morgan fingerprint density at radius 2 is 1.69 bits per heavy atom. The molecule has 35 heavy (non-hydrogen) atoms. The highest BCUT2D eigenvalue weighted by atomic mass is 32.2. The van der Waals surface area contributed by atoms with Crippen LogP contribution in [0.1, 0.15) is 51.0 Å². The van der Waals surface area contributed by atoms with Gasteiger partial charge in [0, 0.05) is 31.1 Å². The Morgan fingerprint density at radius 1 is 1.06 bits per heavy atom. The highest BCUT2D eigenvalue weighted by molar-refractivity contribution is 7.92. The summed E-state index contributed by atoms with van der Waals surface area (Å²) in [6.07, 6.45) is 5.37. The third kappa shape index (κ3) is 7.52. The highest BCUT2D eigenvalue weighted by Gasteiger charge is 2.29. The molecule has 0 unspecified atom stereocenters. The topological polar surface area (TPSA) is 86.8 Å². The van der Waals surface area contributed by atoms with Crippen LogP contribution in [0.2, 0.25) is 0 Å². The van der Waals surface area contributed by atoms with Crippen LogP contribution in [-0.2, 0) is 26.2 Å². The van der Waals surface area contributed by atoms with Gasteiger partial charge in [0.25, 0.3) is 0 Å². The smallest absolute Gasteiger partial charge is 0.242 e. The minimum Gasteiger partial charge on any atom is -0.352 e. The van der Waals surface area contributed by atoms with Gasteiger partial charge in [0.1, 0.15) is 11.9 Å². The summed E-state index contributed by atoms with van der Waals surface area (Å²) >= 11 is 0. The average molecular weight is 504 g/mol. The van der Waals surface area contributed by atoms with Gasteiger partial charge in [-0.2, -0.15) is 0 Å². The Hall–Kier alpha value is -2.94. The van der Waals surface area contributed by atoms with Crippen LogP contribution in [0.5, 0.6) is 0 Å². The number of para-hydroxylation sites is 1. The molecule has 1 fully saturated rings. The minimum absolute atomic E-state index is 0.0222. The maximum atomic E-state index is 14.4.